The van der Waals surface area contributed by atoms with Crippen molar-refractivity contribution in [2.75, 3.05) is 17.7 Å². The zero-order chi connectivity index (χ0) is 19.4. The van der Waals surface area contributed by atoms with Crippen LogP contribution in [-0.4, -0.2) is 29.1 Å². The molecule has 2 N–H and O–H groups in total. The summed E-state index contributed by atoms with van der Waals surface area (Å²) in [5.74, 6) is 0.215. The van der Waals surface area contributed by atoms with Crippen molar-refractivity contribution < 1.29 is 18.8 Å². The number of halogens is 1. The molecule has 0 aliphatic heterocycles. The lowest BCUT2D eigenvalue weighted by Crippen LogP contribution is -2.14. The zero-order valence-electron chi connectivity index (χ0n) is 14.4. The third kappa shape index (κ3) is 4.42. The Bertz CT molecular complexity index is 985. The highest BCUT2D eigenvalue weighted by atomic mass is 35.5. The van der Waals surface area contributed by atoms with Crippen LogP contribution in [-0.2, 0) is 4.74 Å². The maximum Gasteiger partial charge on any atom is 0.337 e. The van der Waals surface area contributed by atoms with Crippen LogP contribution in [0.5, 0.6) is 0 Å². The van der Waals surface area contributed by atoms with Gasteiger partial charge in [-0.15, -0.1) is 0 Å². The lowest BCUT2D eigenvalue weighted by atomic mass is 10.2. The maximum absolute atomic E-state index is 12.4. The molecule has 3 rings (SSSR count). The standard InChI is InChI=1S/C18H15ClN4O4/c1-10-7-16(23-27-10)21-12-4-6-14(20-9-12)17(24)22-15-8-11(18(25)26-2)3-5-13(15)19/h3-9H,1-2H3,(H,21,23)(H,22,24). The van der Waals surface area contributed by atoms with Crippen molar-refractivity contribution in [2.24, 2.45) is 0 Å². The number of hydrogen-bond acceptors (Lipinski definition) is 7. The number of rotatable bonds is 5. The topological polar surface area (TPSA) is 106 Å². The van der Waals surface area contributed by atoms with Crippen molar-refractivity contribution >= 4 is 40.7 Å². The highest BCUT2D eigenvalue weighted by Crippen LogP contribution is 2.24. The first-order valence-electron chi connectivity index (χ1n) is 7.82. The van der Waals surface area contributed by atoms with Crippen LogP contribution in [0.2, 0.25) is 5.02 Å². The highest BCUT2D eigenvalue weighted by Gasteiger charge is 2.13. The van der Waals surface area contributed by atoms with Gasteiger partial charge in [0.05, 0.1) is 35.3 Å². The van der Waals surface area contributed by atoms with Crippen LogP contribution < -0.4 is 10.6 Å². The van der Waals surface area contributed by atoms with Gasteiger partial charge in [0, 0.05) is 6.07 Å². The number of benzene rings is 1. The largest absolute Gasteiger partial charge is 0.465 e. The third-order valence-electron chi connectivity index (χ3n) is 3.53. The van der Waals surface area contributed by atoms with Gasteiger partial charge >= 0.3 is 5.97 Å². The normalized spacial score (nSPS) is 10.3. The van der Waals surface area contributed by atoms with Crippen molar-refractivity contribution in [1.29, 1.82) is 0 Å². The fraction of sp³-hybridized carbons (Fsp3) is 0.111. The summed E-state index contributed by atoms with van der Waals surface area (Å²) < 4.78 is 9.63. The molecular weight excluding hydrogens is 372 g/mol. The molecule has 2 heterocycles. The van der Waals surface area contributed by atoms with E-state index in [4.69, 9.17) is 16.1 Å². The van der Waals surface area contributed by atoms with Crippen LogP contribution >= 0.6 is 11.6 Å². The number of pyridine rings is 1. The van der Waals surface area contributed by atoms with Gasteiger partial charge in [0.25, 0.3) is 5.91 Å². The minimum atomic E-state index is -0.529. The van der Waals surface area contributed by atoms with Crippen molar-refractivity contribution in [2.45, 2.75) is 6.92 Å². The highest BCUT2D eigenvalue weighted by molar-refractivity contribution is 6.34. The van der Waals surface area contributed by atoms with Gasteiger partial charge in [-0.1, -0.05) is 16.8 Å². The molecule has 8 nitrogen and oxygen atoms in total. The second kappa shape index (κ2) is 7.88. The van der Waals surface area contributed by atoms with Crippen molar-refractivity contribution in [1.82, 2.24) is 10.1 Å². The molecule has 0 spiro atoms. The molecule has 0 bridgehead atoms. The Morgan fingerprint density at radius 3 is 2.63 bits per heavy atom. The second-order valence-corrected chi connectivity index (χ2v) is 5.93. The Hall–Kier alpha value is -3.39. The molecular formula is C18H15ClN4O4. The van der Waals surface area contributed by atoms with Crippen LogP contribution in [0, 0.1) is 6.92 Å². The Labute approximate surface area is 159 Å². The van der Waals surface area contributed by atoms with E-state index in [1.807, 2.05) is 0 Å². The molecule has 27 heavy (non-hydrogen) atoms. The van der Waals surface area contributed by atoms with E-state index >= 15 is 0 Å². The minimum Gasteiger partial charge on any atom is -0.465 e. The van der Waals surface area contributed by atoms with Crippen LogP contribution in [0.4, 0.5) is 17.2 Å². The van der Waals surface area contributed by atoms with E-state index in [0.717, 1.165) is 0 Å². The smallest absolute Gasteiger partial charge is 0.337 e. The van der Waals surface area contributed by atoms with Crippen LogP contribution in [0.25, 0.3) is 0 Å². The molecule has 1 aromatic carbocycles. The van der Waals surface area contributed by atoms with Gasteiger partial charge in [0.15, 0.2) is 5.82 Å². The maximum atomic E-state index is 12.4. The Morgan fingerprint density at radius 2 is 2.00 bits per heavy atom. The van der Waals surface area contributed by atoms with Crippen LogP contribution in [0.1, 0.15) is 26.6 Å². The first-order valence-corrected chi connectivity index (χ1v) is 8.19. The van der Waals surface area contributed by atoms with E-state index in [-0.39, 0.29) is 22.0 Å². The summed E-state index contributed by atoms with van der Waals surface area (Å²) in [5, 5.41) is 9.74. The third-order valence-corrected chi connectivity index (χ3v) is 3.86. The van der Waals surface area contributed by atoms with Gasteiger partial charge in [-0.2, -0.15) is 0 Å². The molecule has 138 valence electrons. The average molecular weight is 387 g/mol. The van der Waals surface area contributed by atoms with Crippen molar-refractivity contribution in [3.05, 3.63) is 64.6 Å². The van der Waals surface area contributed by atoms with Crippen molar-refractivity contribution in [3.8, 4) is 0 Å². The van der Waals surface area contributed by atoms with Gasteiger partial charge in [-0.25, -0.2) is 9.78 Å². The van der Waals surface area contributed by atoms with Crippen LogP contribution in [0.3, 0.4) is 0 Å². The van der Waals surface area contributed by atoms with Crippen molar-refractivity contribution in [3.63, 3.8) is 0 Å². The summed E-state index contributed by atoms with van der Waals surface area (Å²) in [7, 11) is 1.27. The second-order valence-electron chi connectivity index (χ2n) is 5.52. The van der Waals surface area contributed by atoms with E-state index < -0.39 is 11.9 Å². The average Bonchev–Trinajstić information content (AvgIpc) is 3.08. The Morgan fingerprint density at radius 1 is 1.19 bits per heavy atom. The van der Waals surface area contributed by atoms with E-state index in [1.165, 1.54) is 31.5 Å². The summed E-state index contributed by atoms with van der Waals surface area (Å²) in [5.41, 5.74) is 1.38. The summed E-state index contributed by atoms with van der Waals surface area (Å²) in [6.07, 6.45) is 1.49. The molecule has 0 unspecified atom stereocenters. The number of hydrogen-bond donors (Lipinski definition) is 2. The summed E-state index contributed by atoms with van der Waals surface area (Å²) in [6.45, 7) is 1.78. The SMILES string of the molecule is COC(=O)c1ccc(Cl)c(NC(=O)c2ccc(Nc3cc(C)on3)cn2)c1. The van der Waals surface area contributed by atoms with Gasteiger partial charge in [-0.3, -0.25) is 4.79 Å². The molecule has 0 atom stereocenters. The van der Waals surface area contributed by atoms with Gasteiger partial charge in [0.1, 0.15) is 11.5 Å². The fourth-order valence-electron chi connectivity index (χ4n) is 2.23. The first-order chi connectivity index (χ1) is 13.0. The Balaban J connectivity index is 1.72. The zero-order valence-corrected chi connectivity index (χ0v) is 15.2. The summed E-state index contributed by atoms with van der Waals surface area (Å²) in [6, 6.07) is 9.41. The van der Waals surface area contributed by atoms with E-state index in [9.17, 15) is 9.59 Å². The number of methoxy groups -OCH3 is 1. The Kier molecular flexibility index (Phi) is 5.37. The lowest BCUT2D eigenvalue weighted by Gasteiger charge is -2.09. The molecule has 1 amide bonds. The monoisotopic (exact) mass is 386 g/mol. The molecule has 0 fully saturated rings. The van der Waals surface area contributed by atoms with E-state index in [2.05, 4.69) is 25.5 Å². The number of aryl methyl sites for hydroxylation is 1. The molecule has 0 saturated carbocycles. The number of anilines is 3. The molecule has 2 aromatic heterocycles. The first kappa shape index (κ1) is 18.4. The number of amides is 1. The van der Waals surface area contributed by atoms with E-state index in [1.54, 1.807) is 25.1 Å². The van der Waals surface area contributed by atoms with Gasteiger partial charge in [0.2, 0.25) is 0 Å². The van der Waals surface area contributed by atoms with Gasteiger partial charge in [-0.05, 0) is 37.3 Å². The fourth-order valence-corrected chi connectivity index (χ4v) is 2.39. The number of esters is 1. The summed E-state index contributed by atoms with van der Waals surface area (Å²) in [4.78, 5) is 28.1. The van der Waals surface area contributed by atoms with Crippen LogP contribution in [0.15, 0.2) is 47.1 Å². The minimum absolute atomic E-state index is 0.177. The molecule has 0 radical (unpaired) electrons. The predicted molar refractivity (Wildman–Crippen MR) is 99.5 cm³/mol. The quantitative estimate of drug-likeness (QED) is 0.642. The molecule has 0 aliphatic carbocycles. The lowest BCUT2D eigenvalue weighted by molar-refractivity contribution is 0.0600. The number of nitrogens with one attached hydrogen (secondary N) is 2. The molecule has 0 aliphatic rings. The molecule has 3 aromatic rings. The molecule has 9 heteroatoms. The number of nitrogens with zero attached hydrogens (tertiary/aromatic N) is 2. The number of ether oxygens (including phenoxy) is 1. The molecule has 0 saturated heterocycles. The number of aromatic nitrogens is 2. The predicted octanol–water partition coefficient (Wildman–Crippen LogP) is 3.81. The number of carbonyl (C=O) groups is 2. The summed E-state index contributed by atoms with van der Waals surface area (Å²) >= 11 is 6.08. The van der Waals surface area contributed by atoms with Gasteiger partial charge < -0.3 is 19.9 Å². The van der Waals surface area contributed by atoms with E-state index in [0.29, 0.717) is 17.3 Å². The number of carbonyl (C=O) groups excluding carboxylic acids is 2.